The van der Waals surface area contributed by atoms with Gasteiger partial charge in [0.25, 0.3) is 0 Å². The van der Waals surface area contributed by atoms with Gasteiger partial charge in [-0.25, -0.2) is 9.36 Å². The summed E-state index contributed by atoms with van der Waals surface area (Å²) in [5, 5.41) is 43.1. The van der Waals surface area contributed by atoms with Crippen LogP contribution in [-0.2, 0) is 11.1 Å². The van der Waals surface area contributed by atoms with Crippen LogP contribution in [0.5, 0.6) is 0 Å². The standard InChI is InChI=1S/C19H36N8O2/c1-18(2,26-14-20-22-24-26)12-6-10-16(28)8-5-9-17(29)11-7-13-19(3,4)27-15-21-23-25-27/h14-17,28-29H,5-13H2,1-4H3. The van der Waals surface area contributed by atoms with Crippen molar-refractivity contribution in [3.05, 3.63) is 12.7 Å². The van der Waals surface area contributed by atoms with E-state index >= 15 is 0 Å². The predicted molar refractivity (Wildman–Crippen MR) is 108 cm³/mol. The van der Waals surface area contributed by atoms with Crippen molar-refractivity contribution in [3.8, 4) is 0 Å². The molecule has 0 fully saturated rings. The van der Waals surface area contributed by atoms with Crippen LogP contribution in [-0.4, -0.2) is 62.8 Å². The summed E-state index contributed by atoms with van der Waals surface area (Å²) in [4.78, 5) is 0. The first-order valence-electron chi connectivity index (χ1n) is 10.5. The average Bonchev–Trinajstić information content (AvgIpc) is 3.35. The van der Waals surface area contributed by atoms with Crippen LogP contribution in [0.2, 0.25) is 0 Å². The summed E-state index contributed by atoms with van der Waals surface area (Å²) in [5.74, 6) is 0. The summed E-state index contributed by atoms with van der Waals surface area (Å²) < 4.78 is 3.52. The van der Waals surface area contributed by atoms with E-state index in [4.69, 9.17) is 0 Å². The maximum absolute atomic E-state index is 10.2. The highest BCUT2D eigenvalue weighted by Crippen LogP contribution is 2.23. The first-order valence-corrected chi connectivity index (χ1v) is 10.5. The van der Waals surface area contributed by atoms with E-state index in [1.807, 2.05) is 0 Å². The van der Waals surface area contributed by atoms with Gasteiger partial charge in [-0.15, -0.1) is 10.2 Å². The number of hydrogen-bond donors (Lipinski definition) is 2. The monoisotopic (exact) mass is 408 g/mol. The summed E-state index contributed by atoms with van der Waals surface area (Å²) in [6.45, 7) is 8.36. The zero-order valence-electron chi connectivity index (χ0n) is 18.1. The minimum Gasteiger partial charge on any atom is -0.393 e. The number of hydrogen-bond acceptors (Lipinski definition) is 8. The molecule has 0 saturated heterocycles. The minimum absolute atomic E-state index is 0.157. The lowest BCUT2D eigenvalue weighted by Crippen LogP contribution is -2.27. The van der Waals surface area contributed by atoms with Gasteiger partial charge in [0.05, 0.1) is 23.3 Å². The molecule has 2 aromatic heterocycles. The molecule has 10 nitrogen and oxygen atoms in total. The molecule has 2 N–H and O–H groups in total. The van der Waals surface area contributed by atoms with Crippen LogP contribution in [0.25, 0.3) is 0 Å². The third-order valence-corrected chi connectivity index (χ3v) is 5.66. The van der Waals surface area contributed by atoms with Gasteiger partial charge in [-0.1, -0.05) is 0 Å². The van der Waals surface area contributed by atoms with Crippen LogP contribution in [0.1, 0.15) is 85.5 Å². The van der Waals surface area contributed by atoms with Crippen LogP contribution < -0.4 is 0 Å². The van der Waals surface area contributed by atoms with Gasteiger partial charge in [0.15, 0.2) is 0 Å². The number of nitrogens with zero attached hydrogens (tertiary/aromatic N) is 8. The Morgan fingerprint density at radius 2 is 1.07 bits per heavy atom. The minimum atomic E-state index is -0.328. The molecule has 2 rings (SSSR count). The molecule has 0 aliphatic carbocycles. The number of aromatic nitrogens is 8. The molecule has 0 radical (unpaired) electrons. The fourth-order valence-electron chi connectivity index (χ4n) is 3.52. The normalized spacial score (nSPS) is 14.8. The molecule has 0 aliphatic rings. The Labute approximate surface area is 172 Å². The van der Waals surface area contributed by atoms with Crippen molar-refractivity contribution >= 4 is 0 Å². The van der Waals surface area contributed by atoms with Crippen LogP contribution in [0.4, 0.5) is 0 Å². The maximum atomic E-state index is 10.2. The molecule has 0 amide bonds. The summed E-state index contributed by atoms with van der Waals surface area (Å²) in [5.41, 5.74) is -0.315. The molecule has 0 aromatic carbocycles. The highest BCUT2D eigenvalue weighted by Gasteiger charge is 2.22. The van der Waals surface area contributed by atoms with E-state index in [1.165, 1.54) is 0 Å². The largest absolute Gasteiger partial charge is 0.393 e. The van der Waals surface area contributed by atoms with E-state index in [0.717, 1.165) is 57.8 Å². The molecule has 2 heterocycles. The molecule has 0 saturated carbocycles. The lowest BCUT2D eigenvalue weighted by Gasteiger charge is -2.24. The molecule has 10 heteroatoms. The summed E-state index contributed by atoms with van der Waals surface area (Å²) in [6, 6.07) is 0. The van der Waals surface area contributed by atoms with Crippen molar-refractivity contribution < 1.29 is 10.2 Å². The number of rotatable bonds is 14. The lowest BCUT2D eigenvalue weighted by molar-refractivity contribution is 0.116. The van der Waals surface area contributed by atoms with Crippen molar-refractivity contribution in [2.24, 2.45) is 0 Å². The molecule has 2 atom stereocenters. The number of aliphatic hydroxyl groups is 2. The molecular formula is C19H36N8O2. The fraction of sp³-hybridized carbons (Fsp3) is 0.895. The lowest BCUT2D eigenvalue weighted by atomic mass is 9.94. The molecule has 0 aliphatic heterocycles. The molecule has 0 bridgehead atoms. The van der Waals surface area contributed by atoms with Crippen molar-refractivity contribution in [1.82, 2.24) is 40.4 Å². The Bertz CT molecular complexity index is 614. The van der Waals surface area contributed by atoms with Crippen LogP contribution >= 0.6 is 0 Å². The van der Waals surface area contributed by atoms with Crippen LogP contribution in [0, 0.1) is 0 Å². The molecule has 164 valence electrons. The molecule has 29 heavy (non-hydrogen) atoms. The topological polar surface area (TPSA) is 128 Å². The van der Waals surface area contributed by atoms with E-state index in [9.17, 15) is 10.2 Å². The average molecular weight is 409 g/mol. The van der Waals surface area contributed by atoms with Crippen LogP contribution in [0.15, 0.2) is 12.7 Å². The maximum Gasteiger partial charge on any atom is 0.138 e. The fourth-order valence-corrected chi connectivity index (χ4v) is 3.52. The Kier molecular flexibility index (Phi) is 8.63. The van der Waals surface area contributed by atoms with Crippen molar-refractivity contribution in [1.29, 1.82) is 0 Å². The zero-order chi connectivity index (χ0) is 21.3. The Morgan fingerprint density at radius 1 is 0.690 bits per heavy atom. The molecule has 0 spiro atoms. The quantitative estimate of drug-likeness (QED) is 0.486. The van der Waals surface area contributed by atoms with Gasteiger partial charge in [-0.05, 0) is 106 Å². The Balaban J connectivity index is 1.54. The molecular weight excluding hydrogens is 372 g/mol. The third-order valence-electron chi connectivity index (χ3n) is 5.66. The SMILES string of the molecule is CC(C)(CCCC(O)CCCC(O)CCCC(C)(C)n1cnnn1)n1cnnn1. The number of aliphatic hydroxyl groups excluding tert-OH is 2. The van der Waals surface area contributed by atoms with Gasteiger partial charge in [-0.2, -0.15) is 0 Å². The predicted octanol–water partition coefficient (Wildman–Crippen LogP) is 2.06. The van der Waals surface area contributed by atoms with Crippen molar-refractivity contribution in [2.45, 2.75) is 109 Å². The molecule has 2 aromatic rings. The summed E-state index contributed by atoms with van der Waals surface area (Å²) in [6.07, 6.45) is 9.98. The zero-order valence-corrected chi connectivity index (χ0v) is 18.1. The van der Waals surface area contributed by atoms with Gasteiger partial charge < -0.3 is 10.2 Å². The van der Waals surface area contributed by atoms with E-state index < -0.39 is 0 Å². The highest BCUT2D eigenvalue weighted by molar-refractivity contribution is 4.76. The van der Waals surface area contributed by atoms with E-state index in [-0.39, 0.29) is 23.3 Å². The first kappa shape index (κ1) is 23.3. The van der Waals surface area contributed by atoms with E-state index in [0.29, 0.717) is 0 Å². The second kappa shape index (κ2) is 10.7. The second-order valence-corrected chi connectivity index (χ2v) is 9.16. The van der Waals surface area contributed by atoms with Gasteiger partial charge in [0.1, 0.15) is 12.7 Å². The van der Waals surface area contributed by atoms with Gasteiger partial charge in [0.2, 0.25) is 0 Å². The van der Waals surface area contributed by atoms with E-state index in [2.05, 4.69) is 58.7 Å². The van der Waals surface area contributed by atoms with E-state index in [1.54, 1.807) is 22.0 Å². The summed E-state index contributed by atoms with van der Waals surface area (Å²) in [7, 11) is 0. The van der Waals surface area contributed by atoms with Gasteiger partial charge >= 0.3 is 0 Å². The third kappa shape index (κ3) is 7.77. The second-order valence-electron chi connectivity index (χ2n) is 9.16. The van der Waals surface area contributed by atoms with Crippen molar-refractivity contribution in [3.63, 3.8) is 0 Å². The first-order chi connectivity index (χ1) is 13.7. The smallest absolute Gasteiger partial charge is 0.138 e. The van der Waals surface area contributed by atoms with Gasteiger partial charge in [0, 0.05) is 0 Å². The van der Waals surface area contributed by atoms with Gasteiger partial charge in [-0.3, -0.25) is 0 Å². The summed E-state index contributed by atoms with van der Waals surface area (Å²) >= 11 is 0. The highest BCUT2D eigenvalue weighted by atomic mass is 16.3. The molecule has 2 unspecified atom stereocenters. The number of tetrazole rings is 2. The van der Waals surface area contributed by atoms with Crippen LogP contribution in [0.3, 0.4) is 0 Å². The van der Waals surface area contributed by atoms with Crippen molar-refractivity contribution in [2.75, 3.05) is 0 Å². The Morgan fingerprint density at radius 3 is 1.41 bits per heavy atom. The Hall–Kier alpha value is -1.94.